The van der Waals surface area contributed by atoms with Crippen LogP contribution in [0.3, 0.4) is 0 Å². The Morgan fingerprint density at radius 2 is 1.32 bits per heavy atom. The number of aromatic hydroxyl groups is 1. The number of carbonyl (C=O) groups is 1. The Kier molecular flexibility index (Phi) is 3.40. The Balaban J connectivity index is 2.44. The molecule has 1 N–H and O–H groups in total. The Morgan fingerprint density at radius 3 is 1.74 bits per heavy atom. The van der Waals surface area contributed by atoms with Crippen molar-refractivity contribution < 1.29 is 18.3 Å². The van der Waals surface area contributed by atoms with Crippen molar-refractivity contribution in [2.45, 2.75) is 16.7 Å². The van der Waals surface area contributed by atoms with Crippen LogP contribution in [-0.2, 0) is 9.84 Å². The minimum absolute atomic E-state index is 0.00544. The average Bonchev–Trinajstić information content (AvgIpc) is 2.39. The van der Waals surface area contributed by atoms with Gasteiger partial charge in [-0.2, -0.15) is 0 Å². The maximum Gasteiger partial charge on any atom is 0.206 e. The van der Waals surface area contributed by atoms with Gasteiger partial charge in [0.2, 0.25) is 9.84 Å². The highest BCUT2D eigenvalue weighted by atomic mass is 32.2. The van der Waals surface area contributed by atoms with Gasteiger partial charge < -0.3 is 5.11 Å². The zero-order valence-corrected chi connectivity index (χ0v) is 11.0. The summed E-state index contributed by atoms with van der Waals surface area (Å²) in [6.45, 7) is 1.42. The Hall–Kier alpha value is -2.14. The topological polar surface area (TPSA) is 71.4 Å². The van der Waals surface area contributed by atoms with Crippen LogP contribution in [-0.4, -0.2) is 19.3 Å². The van der Waals surface area contributed by atoms with Crippen molar-refractivity contribution >= 4 is 15.6 Å². The molecule has 4 nitrogen and oxygen atoms in total. The molecule has 2 aromatic rings. The van der Waals surface area contributed by atoms with Gasteiger partial charge in [-0.15, -0.1) is 0 Å². The normalized spacial score (nSPS) is 11.2. The van der Waals surface area contributed by atoms with E-state index in [2.05, 4.69) is 0 Å². The van der Waals surface area contributed by atoms with Crippen molar-refractivity contribution in [3.05, 3.63) is 54.1 Å². The van der Waals surface area contributed by atoms with Gasteiger partial charge in [0.1, 0.15) is 5.75 Å². The minimum atomic E-state index is -3.62. The van der Waals surface area contributed by atoms with E-state index in [0.717, 1.165) is 0 Å². The van der Waals surface area contributed by atoms with Crippen LogP contribution in [0, 0.1) is 0 Å². The molecule has 0 radical (unpaired) electrons. The molecular weight excluding hydrogens is 264 g/mol. The van der Waals surface area contributed by atoms with E-state index in [1.165, 1.54) is 55.5 Å². The highest BCUT2D eigenvalue weighted by molar-refractivity contribution is 7.91. The third-order valence-corrected chi connectivity index (χ3v) is 4.50. The number of ketones is 1. The van der Waals surface area contributed by atoms with E-state index in [-0.39, 0.29) is 21.3 Å². The molecule has 0 heterocycles. The van der Waals surface area contributed by atoms with Crippen LogP contribution in [0.4, 0.5) is 0 Å². The van der Waals surface area contributed by atoms with Crippen LogP contribution in [0.15, 0.2) is 58.3 Å². The number of Topliss-reactive ketones (excluding diaryl/α,β-unsaturated/α-hetero) is 1. The molecule has 2 aromatic carbocycles. The van der Waals surface area contributed by atoms with Gasteiger partial charge in [-0.25, -0.2) is 8.42 Å². The summed E-state index contributed by atoms with van der Waals surface area (Å²) in [6.07, 6.45) is 0. The molecule has 0 saturated carbocycles. The zero-order valence-electron chi connectivity index (χ0n) is 10.2. The lowest BCUT2D eigenvalue weighted by molar-refractivity contribution is 0.101. The van der Waals surface area contributed by atoms with Gasteiger partial charge >= 0.3 is 0 Å². The largest absolute Gasteiger partial charge is 0.508 e. The second-order valence-electron chi connectivity index (χ2n) is 4.08. The van der Waals surface area contributed by atoms with Crippen LogP contribution in [0.2, 0.25) is 0 Å². The molecule has 0 aliphatic rings. The van der Waals surface area contributed by atoms with Gasteiger partial charge in [0.25, 0.3) is 0 Å². The fraction of sp³-hybridized carbons (Fsp3) is 0.0714. The standard InChI is InChI=1S/C14H12O4S/c1-10(15)11-2-6-13(7-3-11)19(17,18)14-8-4-12(16)5-9-14/h2-9,16H,1H3. The fourth-order valence-corrected chi connectivity index (χ4v) is 2.89. The van der Waals surface area contributed by atoms with E-state index >= 15 is 0 Å². The second-order valence-corrected chi connectivity index (χ2v) is 6.03. The van der Waals surface area contributed by atoms with E-state index in [0.29, 0.717) is 5.56 Å². The molecule has 0 saturated heterocycles. The lowest BCUT2D eigenvalue weighted by Crippen LogP contribution is -2.02. The molecule has 0 aliphatic heterocycles. The molecule has 5 heteroatoms. The van der Waals surface area contributed by atoms with E-state index in [1.807, 2.05) is 0 Å². The van der Waals surface area contributed by atoms with Gasteiger partial charge in [0.05, 0.1) is 9.79 Å². The molecule has 0 fully saturated rings. The minimum Gasteiger partial charge on any atom is -0.508 e. The maximum atomic E-state index is 12.3. The van der Waals surface area contributed by atoms with Crippen molar-refractivity contribution in [3.8, 4) is 5.75 Å². The average molecular weight is 276 g/mol. The summed E-state index contributed by atoms with van der Waals surface area (Å²) in [4.78, 5) is 11.3. The summed E-state index contributed by atoms with van der Waals surface area (Å²) in [6, 6.07) is 11.1. The summed E-state index contributed by atoms with van der Waals surface area (Å²) >= 11 is 0. The third-order valence-electron chi connectivity index (χ3n) is 2.72. The van der Waals surface area contributed by atoms with Crippen LogP contribution < -0.4 is 0 Å². The predicted molar refractivity (Wildman–Crippen MR) is 70.0 cm³/mol. The highest BCUT2D eigenvalue weighted by Gasteiger charge is 2.17. The second kappa shape index (κ2) is 4.85. The third kappa shape index (κ3) is 2.66. The number of benzene rings is 2. The smallest absolute Gasteiger partial charge is 0.206 e. The van der Waals surface area contributed by atoms with E-state index < -0.39 is 9.84 Å². The molecule has 0 unspecified atom stereocenters. The number of phenols is 1. The van der Waals surface area contributed by atoms with Gasteiger partial charge in [-0.3, -0.25) is 4.79 Å². The van der Waals surface area contributed by atoms with E-state index in [4.69, 9.17) is 5.11 Å². The Morgan fingerprint density at radius 1 is 0.895 bits per heavy atom. The van der Waals surface area contributed by atoms with Gasteiger partial charge in [0, 0.05) is 5.56 Å². The molecule has 0 spiro atoms. The van der Waals surface area contributed by atoms with Crippen LogP contribution in [0.25, 0.3) is 0 Å². The van der Waals surface area contributed by atoms with Gasteiger partial charge in [-0.05, 0) is 43.3 Å². The zero-order chi connectivity index (χ0) is 14.0. The molecule has 98 valence electrons. The molecular formula is C14H12O4S. The number of hydrogen-bond donors (Lipinski definition) is 1. The van der Waals surface area contributed by atoms with Crippen LogP contribution in [0.1, 0.15) is 17.3 Å². The van der Waals surface area contributed by atoms with Gasteiger partial charge in [-0.1, -0.05) is 12.1 Å². The summed E-state index contributed by atoms with van der Waals surface area (Å²) in [5, 5.41) is 9.16. The predicted octanol–water partition coefficient (Wildman–Crippen LogP) is 2.43. The first-order valence-corrected chi connectivity index (χ1v) is 7.05. The molecule has 0 amide bonds. The first-order valence-electron chi connectivity index (χ1n) is 5.56. The van der Waals surface area contributed by atoms with E-state index in [9.17, 15) is 13.2 Å². The number of hydrogen-bond acceptors (Lipinski definition) is 4. The number of carbonyl (C=O) groups excluding carboxylic acids is 1. The first kappa shape index (κ1) is 13.3. The van der Waals surface area contributed by atoms with E-state index in [1.54, 1.807) is 0 Å². The number of phenolic OH excluding ortho intramolecular Hbond substituents is 1. The highest BCUT2D eigenvalue weighted by Crippen LogP contribution is 2.22. The quantitative estimate of drug-likeness (QED) is 0.874. The lowest BCUT2D eigenvalue weighted by Gasteiger charge is -2.05. The summed E-state index contributed by atoms with van der Waals surface area (Å²) < 4.78 is 24.5. The maximum absolute atomic E-state index is 12.3. The Bertz CT molecular complexity index is 698. The van der Waals surface area contributed by atoms with Crippen LogP contribution >= 0.6 is 0 Å². The first-order chi connectivity index (χ1) is 8.91. The van der Waals surface area contributed by atoms with Crippen molar-refractivity contribution in [1.29, 1.82) is 0 Å². The van der Waals surface area contributed by atoms with Crippen LogP contribution in [0.5, 0.6) is 5.75 Å². The molecule has 0 aliphatic carbocycles. The van der Waals surface area contributed by atoms with Crippen molar-refractivity contribution in [3.63, 3.8) is 0 Å². The molecule has 2 rings (SSSR count). The molecule has 0 aromatic heterocycles. The van der Waals surface area contributed by atoms with Crippen molar-refractivity contribution in [2.75, 3.05) is 0 Å². The summed E-state index contributed by atoms with van der Waals surface area (Å²) in [7, 11) is -3.62. The molecule has 19 heavy (non-hydrogen) atoms. The summed E-state index contributed by atoms with van der Waals surface area (Å²) in [5.41, 5.74) is 0.463. The Labute approximate surface area is 111 Å². The summed E-state index contributed by atoms with van der Waals surface area (Å²) in [5.74, 6) is -0.112. The number of rotatable bonds is 3. The van der Waals surface area contributed by atoms with Gasteiger partial charge in [0.15, 0.2) is 5.78 Å². The lowest BCUT2D eigenvalue weighted by atomic mass is 10.2. The molecule has 0 atom stereocenters. The molecule has 0 bridgehead atoms. The SMILES string of the molecule is CC(=O)c1ccc(S(=O)(=O)c2ccc(O)cc2)cc1. The van der Waals surface area contributed by atoms with Crippen molar-refractivity contribution in [2.24, 2.45) is 0 Å². The number of sulfone groups is 1. The monoisotopic (exact) mass is 276 g/mol. The fourth-order valence-electron chi connectivity index (χ4n) is 1.63. The van der Waals surface area contributed by atoms with Crippen molar-refractivity contribution in [1.82, 2.24) is 0 Å².